The second-order valence-corrected chi connectivity index (χ2v) is 4.53. The second kappa shape index (κ2) is 6.01. The lowest BCUT2D eigenvalue weighted by molar-refractivity contribution is -0.672. The molecule has 1 amide bonds. The topological polar surface area (TPSA) is 24.2 Å². The second-order valence-electron chi connectivity index (χ2n) is 4.53. The van der Waals surface area contributed by atoms with E-state index in [9.17, 15) is 4.79 Å². The Kier molecular flexibility index (Phi) is 4.94. The Labute approximate surface area is 109 Å². The number of aromatic nitrogens is 1. The molecule has 1 aliphatic rings. The SMILES string of the molecule is CC(=O)N1CCCCC1c1ccc[n+](C)c1.[Cl-]. The lowest BCUT2D eigenvalue weighted by Crippen LogP contribution is -3.00. The van der Waals surface area contributed by atoms with E-state index in [1.54, 1.807) is 6.92 Å². The van der Waals surface area contributed by atoms with Crippen LogP contribution >= 0.6 is 0 Å². The molecule has 2 rings (SSSR count). The summed E-state index contributed by atoms with van der Waals surface area (Å²) < 4.78 is 2.04. The van der Waals surface area contributed by atoms with Crippen molar-refractivity contribution >= 4 is 5.91 Å². The zero-order valence-electron chi connectivity index (χ0n) is 10.4. The molecule has 0 aromatic carbocycles. The number of amides is 1. The molecule has 0 bridgehead atoms. The van der Waals surface area contributed by atoms with Crippen molar-refractivity contribution in [3.8, 4) is 0 Å². The summed E-state index contributed by atoms with van der Waals surface area (Å²) in [6.07, 6.45) is 7.57. The Hall–Kier alpha value is -1.09. The van der Waals surface area contributed by atoms with E-state index < -0.39 is 0 Å². The third kappa shape index (κ3) is 3.19. The Morgan fingerprint density at radius 3 is 2.88 bits per heavy atom. The lowest BCUT2D eigenvalue weighted by Gasteiger charge is -2.34. The molecule has 0 saturated carbocycles. The number of carbonyl (C=O) groups is 1. The minimum Gasteiger partial charge on any atom is -1.00 e. The quantitative estimate of drug-likeness (QED) is 0.565. The molecule has 0 spiro atoms. The Bertz CT molecular complexity index is 395. The van der Waals surface area contributed by atoms with Crippen LogP contribution in [0.5, 0.6) is 0 Å². The number of rotatable bonds is 1. The number of aryl methyl sites for hydroxylation is 1. The van der Waals surface area contributed by atoms with Gasteiger partial charge in [0.25, 0.3) is 0 Å². The van der Waals surface area contributed by atoms with E-state index in [1.807, 2.05) is 28.8 Å². The first-order valence-electron chi connectivity index (χ1n) is 5.91. The first-order chi connectivity index (χ1) is 7.68. The molecule has 1 atom stereocenters. The molecule has 1 aromatic rings. The number of piperidine rings is 1. The third-order valence-electron chi connectivity index (χ3n) is 3.25. The average Bonchev–Trinajstić information content (AvgIpc) is 2.29. The van der Waals surface area contributed by atoms with Gasteiger partial charge in [-0.05, 0) is 25.3 Å². The van der Waals surface area contributed by atoms with Crippen LogP contribution in [-0.4, -0.2) is 17.4 Å². The monoisotopic (exact) mass is 254 g/mol. The minimum atomic E-state index is 0. The summed E-state index contributed by atoms with van der Waals surface area (Å²) in [6.45, 7) is 2.57. The van der Waals surface area contributed by atoms with Crippen LogP contribution < -0.4 is 17.0 Å². The molecule has 1 fully saturated rings. The van der Waals surface area contributed by atoms with Gasteiger partial charge in [-0.3, -0.25) is 4.79 Å². The summed E-state index contributed by atoms with van der Waals surface area (Å²) in [4.78, 5) is 13.6. The number of nitrogens with zero attached hydrogens (tertiary/aromatic N) is 2. The van der Waals surface area contributed by atoms with Crippen LogP contribution in [0.25, 0.3) is 0 Å². The smallest absolute Gasteiger partial charge is 0.219 e. The fraction of sp³-hybridized carbons (Fsp3) is 0.538. The van der Waals surface area contributed by atoms with Gasteiger partial charge in [0.2, 0.25) is 5.91 Å². The fourth-order valence-electron chi connectivity index (χ4n) is 2.46. The van der Waals surface area contributed by atoms with Crippen LogP contribution in [0.15, 0.2) is 24.5 Å². The van der Waals surface area contributed by atoms with Gasteiger partial charge in [-0.2, -0.15) is 0 Å². The number of hydrogen-bond donors (Lipinski definition) is 0. The van der Waals surface area contributed by atoms with E-state index in [2.05, 4.69) is 12.3 Å². The molecule has 2 heterocycles. The summed E-state index contributed by atoms with van der Waals surface area (Å²) in [6, 6.07) is 4.44. The predicted octanol–water partition coefficient (Wildman–Crippen LogP) is -1.41. The maximum absolute atomic E-state index is 11.6. The van der Waals surface area contributed by atoms with Crippen molar-refractivity contribution in [2.24, 2.45) is 7.05 Å². The van der Waals surface area contributed by atoms with Gasteiger partial charge < -0.3 is 17.3 Å². The third-order valence-corrected chi connectivity index (χ3v) is 3.25. The summed E-state index contributed by atoms with van der Waals surface area (Å²) in [7, 11) is 2.02. The summed E-state index contributed by atoms with van der Waals surface area (Å²) >= 11 is 0. The molecule has 1 saturated heterocycles. The van der Waals surface area contributed by atoms with Crippen molar-refractivity contribution < 1.29 is 21.8 Å². The zero-order valence-corrected chi connectivity index (χ0v) is 11.2. The summed E-state index contributed by atoms with van der Waals surface area (Å²) in [5.41, 5.74) is 1.25. The molecule has 1 aromatic heterocycles. The Morgan fingerprint density at radius 2 is 2.24 bits per heavy atom. The molecule has 0 radical (unpaired) electrons. The number of halogens is 1. The van der Waals surface area contributed by atoms with Gasteiger partial charge in [-0.15, -0.1) is 0 Å². The van der Waals surface area contributed by atoms with Crippen molar-refractivity contribution in [1.82, 2.24) is 4.90 Å². The highest BCUT2D eigenvalue weighted by molar-refractivity contribution is 5.73. The molecule has 4 heteroatoms. The van der Waals surface area contributed by atoms with E-state index in [1.165, 1.54) is 12.0 Å². The molecule has 94 valence electrons. The first kappa shape index (κ1) is 14.0. The van der Waals surface area contributed by atoms with Gasteiger partial charge >= 0.3 is 0 Å². The molecule has 0 aliphatic carbocycles. The van der Waals surface area contributed by atoms with E-state index >= 15 is 0 Å². The van der Waals surface area contributed by atoms with Gasteiger partial charge in [0.05, 0.1) is 6.04 Å². The Balaban J connectivity index is 0.00000144. The maximum Gasteiger partial charge on any atom is 0.219 e. The standard InChI is InChI=1S/C13H19N2O.ClH/c1-11(16)15-9-4-3-7-13(15)12-6-5-8-14(2)10-12;/h5-6,8,10,13H,3-4,7,9H2,1-2H3;1H/q+1;/p-1. The first-order valence-corrected chi connectivity index (χ1v) is 5.91. The van der Waals surface area contributed by atoms with E-state index in [0.29, 0.717) is 0 Å². The molecule has 1 unspecified atom stereocenters. The van der Waals surface area contributed by atoms with Gasteiger partial charge in [0, 0.05) is 25.1 Å². The van der Waals surface area contributed by atoms with E-state index in [0.717, 1.165) is 19.4 Å². The molecule has 1 aliphatic heterocycles. The van der Waals surface area contributed by atoms with Crippen LogP contribution in [0.3, 0.4) is 0 Å². The van der Waals surface area contributed by atoms with Crippen molar-refractivity contribution in [2.45, 2.75) is 32.2 Å². The summed E-state index contributed by atoms with van der Waals surface area (Å²) in [5, 5.41) is 0. The highest BCUT2D eigenvalue weighted by Gasteiger charge is 2.26. The number of carbonyl (C=O) groups excluding carboxylic acids is 1. The maximum atomic E-state index is 11.6. The zero-order chi connectivity index (χ0) is 11.5. The van der Waals surface area contributed by atoms with Gasteiger partial charge in [-0.25, -0.2) is 4.57 Å². The van der Waals surface area contributed by atoms with E-state index in [-0.39, 0.29) is 24.4 Å². The summed E-state index contributed by atoms with van der Waals surface area (Å²) in [5.74, 6) is 0.191. The minimum absolute atomic E-state index is 0. The number of likely N-dealkylation sites (tertiary alicyclic amines) is 1. The highest BCUT2D eigenvalue weighted by Crippen LogP contribution is 2.29. The van der Waals surface area contributed by atoms with Crippen LogP contribution in [-0.2, 0) is 11.8 Å². The lowest BCUT2D eigenvalue weighted by atomic mass is 9.96. The van der Waals surface area contributed by atoms with Crippen LogP contribution in [0, 0.1) is 0 Å². The van der Waals surface area contributed by atoms with Crippen molar-refractivity contribution in [1.29, 1.82) is 0 Å². The Morgan fingerprint density at radius 1 is 1.47 bits per heavy atom. The van der Waals surface area contributed by atoms with Crippen molar-refractivity contribution in [2.75, 3.05) is 6.54 Å². The molecule has 3 nitrogen and oxygen atoms in total. The number of pyridine rings is 1. The highest BCUT2D eigenvalue weighted by atomic mass is 35.5. The fourth-order valence-corrected chi connectivity index (χ4v) is 2.46. The predicted molar refractivity (Wildman–Crippen MR) is 61.6 cm³/mol. The van der Waals surface area contributed by atoms with Crippen LogP contribution in [0.4, 0.5) is 0 Å². The van der Waals surface area contributed by atoms with Crippen molar-refractivity contribution in [3.05, 3.63) is 30.1 Å². The van der Waals surface area contributed by atoms with E-state index in [4.69, 9.17) is 0 Å². The normalized spacial score (nSPS) is 19.6. The van der Waals surface area contributed by atoms with Gasteiger partial charge in [-0.1, -0.05) is 0 Å². The molecular formula is C13H19ClN2O. The largest absolute Gasteiger partial charge is 1.00 e. The van der Waals surface area contributed by atoms with Crippen LogP contribution in [0.1, 0.15) is 37.8 Å². The van der Waals surface area contributed by atoms with Gasteiger partial charge in [0.1, 0.15) is 7.05 Å². The molecule has 0 N–H and O–H groups in total. The molecular weight excluding hydrogens is 236 g/mol. The molecule has 17 heavy (non-hydrogen) atoms. The van der Waals surface area contributed by atoms with Crippen molar-refractivity contribution in [3.63, 3.8) is 0 Å². The number of hydrogen-bond acceptors (Lipinski definition) is 1. The van der Waals surface area contributed by atoms with Gasteiger partial charge in [0.15, 0.2) is 12.4 Å². The van der Waals surface area contributed by atoms with Crippen LogP contribution in [0.2, 0.25) is 0 Å². The average molecular weight is 255 g/mol.